The number of nitro groups is 1. The van der Waals surface area contributed by atoms with Crippen LogP contribution in [0.2, 0.25) is 5.02 Å². The number of nitrogens with zero attached hydrogens (tertiary/aromatic N) is 3. The molecule has 0 radical (unpaired) electrons. The molecule has 22 heavy (non-hydrogen) atoms. The van der Waals surface area contributed by atoms with Crippen LogP contribution in [0.15, 0.2) is 51.5 Å². The molecular formula is C14H7BrClN3O3. The zero-order chi connectivity index (χ0) is 15.7. The lowest BCUT2D eigenvalue weighted by atomic mass is 10.2. The smallest absolute Gasteiger partial charge is 0.270 e. The first-order valence-corrected chi connectivity index (χ1v) is 7.26. The summed E-state index contributed by atoms with van der Waals surface area (Å²) >= 11 is 9.47. The second kappa shape index (κ2) is 5.86. The monoisotopic (exact) mass is 379 g/mol. The highest BCUT2D eigenvalue weighted by Crippen LogP contribution is 2.32. The minimum Gasteiger partial charge on any atom is -0.334 e. The summed E-state index contributed by atoms with van der Waals surface area (Å²) in [5.41, 5.74) is 0.973. The predicted molar refractivity (Wildman–Crippen MR) is 84.5 cm³/mol. The van der Waals surface area contributed by atoms with Crippen molar-refractivity contribution in [2.24, 2.45) is 0 Å². The summed E-state index contributed by atoms with van der Waals surface area (Å²) in [7, 11) is 0. The van der Waals surface area contributed by atoms with Crippen LogP contribution in [0, 0.1) is 10.1 Å². The van der Waals surface area contributed by atoms with Gasteiger partial charge in [-0.15, -0.1) is 0 Å². The zero-order valence-corrected chi connectivity index (χ0v) is 13.2. The maximum atomic E-state index is 10.9. The summed E-state index contributed by atoms with van der Waals surface area (Å²) in [6.45, 7) is 0. The Morgan fingerprint density at radius 1 is 1.18 bits per heavy atom. The van der Waals surface area contributed by atoms with E-state index in [1.807, 2.05) is 24.3 Å². The molecule has 8 heteroatoms. The summed E-state index contributed by atoms with van der Waals surface area (Å²) in [5.74, 6) is 0.490. The fourth-order valence-corrected chi connectivity index (χ4v) is 2.54. The van der Waals surface area contributed by atoms with E-state index in [1.54, 1.807) is 0 Å². The van der Waals surface area contributed by atoms with Gasteiger partial charge in [0.25, 0.3) is 11.6 Å². The summed E-state index contributed by atoms with van der Waals surface area (Å²) < 4.78 is 6.00. The Hall–Kier alpha value is -2.25. The fourth-order valence-electron chi connectivity index (χ4n) is 1.88. The molecule has 0 aliphatic carbocycles. The molecule has 0 saturated carbocycles. The van der Waals surface area contributed by atoms with Gasteiger partial charge >= 0.3 is 0 Å². The van der Waals surface area contributed by atoms with E-state index in [0.717, 1.165) is 10.0 Å². The second-order valence-electron chi connectivity index (χ2n) is 4.32. The van der Waals surface area contributed by atoms with Gasteiger partial charge in [-0.2, -0.15) is 4.98 Å². The van der Waals surface area contributed by atoms with E-state index >= 15 is 0 Å². The van der Waals surface area contributed by atoms with Crippen molar-refractivity contribution in [2.75, 3.05) is 0 Å². The highest BCUT2D eigenvalue weighted by molar-refractivity contribution is 9.10. The molecule has 2 aromatic carbocycles. The standard InChI is InChI=1S/C14H7BrClN3O3/c15-11-4-2-1-3-9(11)13-17-14(22-18-13)10-7-8(19(20)21)5-6-12(10)16/h1-7H. The van der Waals surface area contributed by atoms with Gasteiger partial charge in [-0.3, -0.25) is 10.1 Å². The summed E-state index contributed by atoms with van der Waals surface area (Å²) in [4.78, 5) is 14.6. The number of rotatable bonds is 3. The maximum absolute atomic E-state index is 10.9. The fraction of sp³-hybridized carbons (Fsp3) is 0. The molecule has 1 aromatic heterocycles. The Morgan fingerprint density at radius 2 is 1.95 bits per heavy atom. The van der Waals surface area contributed by atoms with E-state index in [0.29, 0.717) is 16.4 Å². The molecule has 0 N–H and O–H groups in total. The normalized spacial score (nSPS) is 10.6. The molecule has 0 atom stereocenters. The number of hydrogen-bond donors (Lipinski definition) is 0. The van der Waals surface area contributed by atoms with Crippen molar-refractivity contribution in [3.05, 3.63) is 62.1 Å². The van der Waals surface area contributed by atoms with Crippen LogP contribution in [0.25, 0.3) is 22.8 Å². The summed E-state index contributed by atoms with van der Waals surface area (Å²) in [6, 6.07) is 11.4. The molecule has 0 amide bonds. The molecule has 0 saturated heterocycles. The molecule has 6 nitrogen and oxygen atoms in total. The van der Waals surface area contributed by atoms with Crippen LogP contribution in [-0.4, -0.2) is 15.1 Å². The van der Waals surface area contributed by atoms with E-state index < -0.39 is 4.92 Å². The average Bonchev–Trinajstić information content (AvgIpc) is 2.97. The first-order valence-electron chi connectivity index (χ1n) is 6.09. The average molecular weight is 381 g/mol. The van der Waals surface area contributed by atoms with Crippen LogP contribution in [0.1, 0.15) is 0 Å². The van der Waals surface area contributed by atoms with Crippen molar-refractivity contribution in [3.63, 3.8) is 0 Å². The molecule has 3 aromatic rings. The van der Waals surface area contributed by atoms with E-state index in [4.69, 9.17) is 16.1 Å². The molecular weight excluding hydrogens is 374 g/mol. The predicted octanol–water partition coefficient (Wildman–Crippen LogP) is 4.73. The number of nitro benzene ring substituents is 1. The molecule has 0 unspecified atom stereocenters. The number of non-ortho nitro benzene ring substituents is 1. The lowest BCUT2D eigenvalue weighted by molar-refractivity contribution is -0.384. The Morgan fingerprint density at radius 3 is 2.68 bits per heavy atom. The van der Waals surface area contributed by atoms with Gasteiger partial charge in [0, 0.05) is 22.2 Å². The van der Waals surface area contributed by atoms with Gasteiger partial charge in [0.15, 0.2) is 0 Å². The minimum atomic E-state index is -0.509. The van der Waals surface area contributed by atoms with Gasteiger partial charge < -0.3 is 4.52 Å². The quantitative estimate of drug-likeness (QED) is 0.484. The first kappa shape index (κ1) is 14.7. The third-order valence-corrected chi connectivity index (χ3v) is 3.95. The topological polar surface area (TPSA) is 82.1 Å². The van der Waals surface area contributed by atoms with Gasteiger partial charge in [0.05, 0.1) is 15.5 Å². The number of aromatic nitrogens is 2. The summed E-state index contributed by atoms with van der Waals surface area (Å²) in [5, 5.41) is 15.1. The SMILES string of the molecule is O=[N+]([O-])c1ccc(Cl)c(-c2nc(-c3ccccc3Br)no2)c1. The van der Waals surface area contributed by atoms with Crippen molar-refractivity contribution < 1.29 is 9.45 Å². The highest BCUT2D eigenvalue weighted by atomic mass is 79.9. The third kappa shape index (κ3) is 2.72. The molecule has 0 fully saturated rings. The van der Waals surface area contributed by atoms with Crippen molar-refractivity contribution in [1.29, 1.82) is 0 Å². The maximum Gasteiger partial charge on any atom is 0.270 e. The highest BCUT2D eigenvalue weighted by Gasteiger charge is 2.18. The van der Waals surface area contributed by atoms with Crippen LogP contribution in [0.5, 0.6) is 0 Å². The number of halogens is 2. The van der Waals surface area contributed by atoms with E-state index in [2.05, 4.69) is 26.1 Å². The van der Waals surface area contributed by atoms with Gasteiger partial charge in [0.2, 0.25) is 5.82 Å². The largest absolute Gasteiger partial charge is 0.334 e. The third-order valence-electron chi connectivity index (χ3n) is 2.93. The molecule has 0 aliphatic heterocycles. The van der Waals surface area contributed by atoms with E-state index in [1.165, 1.54) is 18.2 Å². The molecule has 1 heterocycles. The van der Waals surface area contributed by atoms with Gasteiger partial charge in [0.1, 0.15) is 0 Å². The van der Waals surface area contributed by atoms with Gasteiger partial charge in [-0.1, -0.05) is 44.8 Å². The molecule has 110 valence electrons. The van der Waals surface area contributed by atoms with E-state index in [-0.39, 0.29) is 11.6 Å². The van der Waals surface area contributed by atoms with Crippen LogP contribution >= 0.6 is 27.5 Å². The molecule has 0 spiro atoms. The lowest BCUT2D eigenvalue weighted by Gasteiger charge is -1.98. The molecule has 0 aliphatic rings. The number of benzene rings is 2. The van der Waals surface area contributed by atoms with Crippen LogP contribution in [-0.2, 0) is 0 Å². The first-order chi connectivity index (χ1) is 10.6. The van der Waals surface area contributed by atoms with Gasteiger partial charge in [-0.05, 0) is 18.2 Å². The molecule has 3 rings (SSSR count). The number of hydrogen-bond acceptors (Lipinski definition) is 5. The summed E-state index contributed by atoms with van der Waals surface area (Å²) in [6.07, 6.45) is 0. The van der Waals surface area contributed by atoms with Crippen molar-refractivity contribution >= 4 is 33.2 Å². The lowest BCUT2D eigenvalue weighted by Crippen LogP contribution is -1.89. The minimum absolute atomic E-state index is 0.0972. The van der Waals surface area contributed by atoms with Crippen LogP contribution in [0.3, 0.4) is 0 Å². The van der Waals surface area contributed by atoms with Gasteiger partial charge in [-0.25, -0.2) is 0 Å². The Balaban J connectivity index is 2.06. The van der Waals surface area contributed by atoms with Crippen molar-refractivity contribution in [3.8, 4) is 22.8 Å². The Bertz CT molecular complexity index is 866. The molecule has 0 bridgehead atoms. The van der Waals surface area contributed by atoms with Crippen molar-refractivity contribution in [1.82, 2.24) is 10.1 Å². The van der Waals surface area contributed by atoms with E-state index in [9.17, 15) is 10.1 Å². The van der Waals surface area contributed by atoms with Crippen molar-refractivity contribution in [2.45, 2.75) is 0 Å². The Labute approximate surface area is 138 Å². The second-order valence-corrected chi connectivity index (χ2v) is 5.59. The zero-order valence-electron chi connectivity index (χ0n) is 10.9. The van der Waals surface area contributed by atoms with Crippen LogP contribution < -0.4 is 0 Å². The van der Waals surface area contributed by atoms with Crippen LogP contribution in [0.4, 0.5) is 5.69 Å². The Kier molecular flexibility index (Phi) is 3.91.